The number of pyridine rings is 1. The van der Waals surface area contributed by atoms with Gasteiger partial charge in [0.15, 0.2) is 0 Å². The van der Waals surface area contributed by atoms with Gasteiger partial charge in [0.1, 0.15) is 0 Å². The lowest BCUT2D eigenvalue weighted by molar-refractivity contribution is 0.154. The summed E-state index contributed by atoms with van der Waals surface area (Å²) in [6.07, 6.45) is 4.91. The molecule has 154 valence electrons. The Hall–Kier alpha value is -2.51. The third-order valence-corrected chi connectivity index (χ3v) is 5.56. The highest BCUT2D eigenvalue weighted by atomic mass is 15.2. The molecule has 0 radical (unpaired) electrons. The van der Waals surface area contributed by atoms with Gasteiger partial charge in [0.2, 0.25) is 5.95 Å². The van der Waals surface area contributed by atoms with Crippen molar-refractivity contribution in [3.8, 4) is 11.3 Å². The number of likely N-dealkylation sites (N-methyl/N-ethyl adjacent to an activating group) is 1. The summed E-state index contributed by atoms with van der Waals surface area (Å²) in [5.74, 6) is 1.01. The van der Waals surface area contributed by atoms with Gasteiger partial charge in [0, 0.05) is 50.7 Å². The molecule has 0 saturated carbocycles. The summed E-state index contributed by atoms with van der Waals surface area (Å²) in [6, 6.07) is 8.12. The molecule has 1 saturated heterocycles. The molecule has 0 amide bonds. The minimum Gasteiger partial charge on any atom is -0.354 e. The SMILES string of the molecule is CC(C)c1nn2ccccc2c1-c1ccnc(NCCCN2CCN(C)CC2)n1. The van der Waals surface area contributed by atoms with Crippen LogP contribution in [0.1, 0.15) is 31.9 Å². The second-order valence-electron chi connectivity index (χ2n) is 8.14. The molecule has 3 aromatic rings. The molecule has 7 heteroatoms. The highest BCUT2D eigenvalue weighted by Gasteiger charge is 2.18. The predicted molar refractivity (Wildman–Crippen MR) is 117 cm³/mol. The number of hydrogen-bond donors (Lipinski definition) is 1. The molecule has 29 heavy (non-hydrogen) atoms. The number of aromatic nitrogens is 4. The first-order chi connectivity index (χ1) is 14.1. The van der Waals surface area contributed by atoms with E-state index < -0.39 is 0 Å². The van der Waals surface area contributed by atoms with Gasteiger partial charge in [0.25, 0.3) is 0 Å². The topological polar surface area (TPSA) is 61.6 Å². The van der Waals surface area contributed by atoms with E-state index in [1.807, 2.05) is 35.1 Å². The van der Waals surface area contributed by atoms with Crippen LogP contribution in [0.4, 0.5) is 5.95 Å². The molecule has 0 spiro atoms. The number of fused-ring (bicyclic) bond motifs is 1. The molecule has 1 aliphatic rings. The second-order valence-corrected chi connectivity index (χ2v) is 8.14. The maximum Gasteiger partial charge on any atom is 0.223 e. The lowest BCUT2D eigenvalue weighted by atomic mass is 10.0. The van der Waals surface area contributed by atoms with Crippen LogP contribution >= 0.6 is 0 Å². The van der Waals surface area contributed by atoms with E-state index in [1.165, 1.54) is 0 Å². The van der Waals surface area contributed by atoms with Crippen LogP contribution in [0.15, 0.2) is 36.7 Å². The summed E-state index contributed by atoms with van der Waals surface area (Å²) in [5.41, 5.74) is 4.17. The summed E-state index contributed by atoms with van der Waals surface area (Å²) in [6.45, 7) is 11.0. The first-order valence-corrected chi connectivity index (χ1v) is 10.6. The average Bonchev–Trinajstić information content (AvgIpc) is 3.13. The number of anilines is 1. The van der Waals surface area contributed by atoms with Crippen LogP contribution in [0.2, 0.25) is 0 Å². The smallest absolute Gasteiger partial charge is 0.223 e. The molecule has 0 aliphatic carbocycles. The number of hydrogen-bond acceptors (Lipinski definition) is 6. The molecule has 4 rings (SSSR count). The molecule has 1 N–H and O–H groups in total. The molecule has 0 atom stereocenters. The van der Waals surface area contributed by atoms with Gasteiger partial charge >= 0.3 is 0 Å². The molecular formula is C22H31N7. The zero-order chi connectivity index (χ0) is 20.2. The molecule has 1 fully saturated rings. The van der Waals surface area contributed by atoms with Gasteiger partial charge in [-0.05, 0) is 44.1 Å². The van der Waals surface area contributed by atoms with Gasteiger partial charge in [-0.1, -0.05) is 19.9 Å². The maximum absolute atomic E-state index is 4.81. The van der Waals surface area contributed by atoms with Crippen molar-refractivity contribution in [1.29, 1.82) is 0 Å². The number of rotatable bonds is 7. The van der Waals surface area contributed by atoms with Crippen LogP contribution < -0.4 is 5.32 Å². The molecule has 3 aromatic heterocycles. The summed E-state index contributed by atoms with van der Waals surface area (Å²) in [7, 11) is 2.19. The number of nitrogens with one attached hydrogen (secondary N) is 1. The third kappa shape index (κ3) is 4.57. The first-order valence-electron chi connectivity index (χ1n) is 10.6. The average molecular weight is 394 g/mol. The van der Waals surface area contributed by atoms with E-state index >= 15 is 0 Å². The Morgan fingerprint density at radius 3 is 2.72 bits per heavy atom. The lowest BCUT2D eigenvalue weighted by Gasteiger charge is -2.32. The van der Waals surface area contributed by atoms with Crippen LogP contribution in [0.3, 0.4) is 0 Å². The lowest BCUT2D eigenvalue weighted by Crippen LogP contribution is -2.44. The highest BCUT2D eigenvalue weighted by molar-refractivity contribution is 5.81. The van der Waals surface area contributed by atoms with Gasteiger partial charge in [-0.15, -0.1) is 0 Å². The predicted octanol–water partition coefficient (Wildman–Crippen LogP) is 2.96. The Balaban J connectivity index is 1.44. The van der Waals surface area contributed by atoms with Crippen molar-refractivity contribution < 1.29 is 0 Å². The van der Waals surface area contributed by atoms with Gasteiger partial charge in [-0.3, -0.25) is 0 Å². The first kappa shape index (κ1) is 19.8. The van der Waals surface area contributed by atoms with Crippen molar-refractivity contribution >= 4 is 11.5 Å². The van der Waals surface area contributed by atoms with Crippen molar-refractivity contribution in [2.24, 2.45) is 0 Å². The van der Waals surface area contributed by atoms with E-state index in [2.05, 4.69) is 47.1 Å². The van der Waals surface area contributed by atoms with Crippen LogP contribution in [-0.2, 0) is 0 Å². The Morgan fingerprint density at radius 1 is 1.10 bits per heavy atom. The molecule has 0 bridgehead atoms. The minimum absolute atomic E-state index is 0.319. The molecule has 0 aromatic carbocycles. The summed E-state index contributed by atoms with van der Waals surface area (Å²) < 4.78 is 1.94. The molecule has 4 heterocycles. The zero-order valence-corrected chi connectivity index (χ0v) is 17.7. The molecule has 0 unspecified atom stereocenters. The van der Waals surface area contributed by atoms with Crippen molar-refractivity contribution in [2.45, 2.75) is 26.2 Å². The summed E-state index contributed by atoms with van der Waals surface area (Å²) >= 11 is 0. The van der Waals surface area contributed by atoms with Crippen molar-refractivity contribution in [3.05, 3.63) is 42.4 Å². The Morgan fingerprint density at radius 2 is 1.93 bits per heavy atom. The van der Waals surface area contributed by atoms with E-state index in [9.17, 15) is 0 Å². The van der Waals surface area contributed by atoms with Crippen LogP contribution in [-0.4, -0.2) is 75.7 Å². The Labute approximate surface area is 172 Å². The summed E-state index contributed by atoms with van der Waals surface area (Å²) in [5, 5.41) is 8.18. The molecular weight excluding hydrogens is 362 g/mol. The van der Waals surface area contributed by atoms with Crippen molar-refractivity contribution in [2.75, 3.05) is 51.6 Å². The van der Waals surface area contributed by atoms with Gasteiger partial charge in [0.05, 0.1) is 16.9 Å². The summed E-state index contributed by atoms with van der Waals surface area (Å²) in [4.78, 5) is 14.2. The van der Waals surface area contributed by atoms with Crippen LogP contribution in [0.5, 0.6) is 0 Å². The third-order valence-electron chi connectivity index (χ3n) is 5.56. The zero-order valence-electron chi connectivity index (χ0n) is 17.7. The van der Waals surface area contributed by atoms with Gasteiger partial charge < -0.3 is 15.1 Å². The standard InChI is InChI=1S/C22H31N7/c1-17(2)21-20(19-7-4-5-12-29(19)26-21)18-8-10-24-22(25-18)23-9-6-11-28-15-13-27(3)14-16-28/h4-5,7-8,10,12,17H,6,9,11,13-16H2,1-3H3,(H,23,24,25). The van der Waals surface area contributed by atoms with E-state index in [0.29, 0.717) is 11.9 Å². The maximum atomic E-state index is 4.81. The fraction of sp³-hybridized carbons (Fsp3) is 0.500. The fourth-order valence-electron chi connectivity index (χ4n) is 3.84. The van der Waals surface area contributed by atoms with E-state index in [4.69, 9.17) is 10.1 Å². The Bertz CT molecular complexity index is 941. The molecule has 1 aliphatic heterocycles. The Kier molecular flexibility index (Phi) is 6.06. The van der Waals surface area contributed by atoms with Crippen molar-refractivity contribution in [3.63, 3.8) is 0 Å². The quantitative estimate of drug-likeness (QED) is 0.623. The highest BCUT2D eigenvalue weighted by Crippen LogP contribution is 2.31. The monoisotopic (exact) mass is 393 g/mol. The van der Waals surface area contributed by atoms with E-state index in [0.717, 1.165) is 68.2 Å². The molecule has 7 nitrogen and oxygen atoms in total. The van der Waals surface area contributed by atoms with E-state index in [1.54, 1.807) is 0 Å². The fourth-order valence-corrected chi connectivity index (χ4v) is 3.84. The number of nitrogens with zero attached hydrogens (tertiary/aromatic N) is 6. The normalized spacial score (nSPS) is 16.0. The van der Waals surface area contributed by atoms with Gasteiger partial charge in [-0.2, -0.15) is 5.10 Å². The number of piperazine rings is 1. The van der Waals surface area contributed by atoms with Crippen LogP contribution in [0.25, 0.3) is 16.8 Å². The van der Waals surface area contributed by atoms with E-state index in [-0.39, 0.29) is 0 Å². The van der Waals surface area contributed by atoms with Crippen molar-refractivity contribution in [1.82, 2.24) is 29.4 Å². The largest absolute Gasteiger partial charge is 0.354 e. The minimum atomic E-state index is 0.319. The second kappa shape index (κ2) is 8.88. The van der Waals surface area contributed by atoms with Crippen LogP contribution in [0, 0.1) is 0 Å². The van der Waals surface area contributed by atoms with Gasteiger partial charge in [-0.25, -0.2) is 14.5 Å².